The average Bonchev–Trinajstić information content (AvgIpc) is 2.60. The lowest BCUT2D eigenvalue weighted by molar-refractivity contribution is -0.139. The van der Waals surface area contributed by atoms with E-state index in [4.69, 9.17) is 9.47 Å². The summed E-state index contributed by atoms with van der Waals surface area (Å²) >= 11 is 0. The third-order valence-electron chi connectivity index (χ3n) is 2.11. The number of ether oxygens (including phenoxy) is 2. The van der Waals surface area contributed by atoms with Crippen LogP contribution in [-0.4, -0.2) is 42.3 Å². The Kier molecular flexibility index (Phi) is 4.15. The van der Waals surface area contributed by atoms with Crippen LogP contribution in [0.15, 0.2) is 11.6 Å². The second-order valence-corrected chi connectivity index (χ2v) is 5.00. The minimum Gasteiger partial charge on any atom is -0.461 e. The summed E-state index contributed by atoms with van der Waals surface area (Å²) in [4.78, 5) is 23.9. The van der Waals surface area contributed by atoms with E-state index in [9.17, 15) is 9.59 Å². The molecular weight excluding hydrogens is 222 g/mol. The van der Waals surface area contributed by atoms with Crippen LogP contribution in [-0.2, 0) is 14.3 Å². The van der Waals surface area contributed by atoms with Gasteiger partial charge in [-0.2, -0.15) is 0 Å². The number of hydrogen-bond donors (Lipinski definition) is 0. The molecule has 0 saturated heterocycles. The highest BCUT2D eigenvalue weighted by molar-refractivity contribution is 5.69. The molecular formula is C12H19NO4. The molecule has 1 aliphatic heterocycles. The molecule has 0 aliphatic carbocycles. The van der Waals surface area contributed by atoms with Gasteiger partial charge in [0, 0.05) is 20.0 Å². The maximum atomic E-state index is 11.7. The molecule has 96 valence electrons. The summed E-state index contributed by atoms with van der Waals surface area (Å²) in [6.07, 6.45) is 1.54. The van der Waals surface area contributed by atoms with Crippen molar-refractivity contribution in [2.75, 3.05) is 19.7 Å². The summed E-state index contributed by atoms with van der Waals surface area (Å²) in [6, 6.07) is 0. The maximum absolute atomic E-state index is 11.7. The van der Waals surface area contributed by atoms with Gasteiger partial charge in [0.2, 0.25) is 0 Å². The van der Waals surface area contributed by atoms with Crippen LogP contribution < -0.4 is 0 Å². The van der Waals surface area contributed by atoms with E-state index in [1.807, 2.05) is 26.8 Å². The van der Waals surface area contributed by atoms with Gasteiger partial charge in [0.1, 0.15) is 12.2 Å². The molecule has 0 spiro atoms. The normalized spacial score (nSPS) is 15.5. The predicted molar refractivity (Wildman–Crippen MR) is 62.5 cm³/mol. The molecule has 1 amide bonds. The number of carbonyl (C=O) groups is 2. The second-order valence-electron chi connectivity index (χ2n) is 5.00. The van der Waals surface area contributed by atoms with E-state index in [2.05, 4.69) is 0 Å². The van der Waals surface area contributed by atoms with Gasteiger partial charge in [0.15, 0.2) is 0 Å². The number of amides is 1. The van der Waals surface area contributed by atoms with Gasteiger partial charge in [0.05, 0.1) is 0 Å². The zero-order chi connectivity index (χ0) is 13.1. The lowest BCUT2D eigenvalue weighted by Gasteiger charge is -2.24. The fraction of sp³-hybridized carbons (Fsp3) is 0.667. The molecule has 5 nitrogen and oxygen atoms in total. The quantitative estimate of drug-likeness (QED) is 0.545. The van der Waals surface area contributed by atoms with Crippen molar-refractivity contribution in [2.45, 2.75) is 33.3 Å². The van der Waals surface area contributed by atoms with E-state index >= 15 is 0 Å². The number of carbonyl (C=O) groups excluding carboxylic acids is 2. The molecule has 0 unspecified atom stereocenters. The summed E-state index contributed by atoms with van der Waals surface area (Å²) in [7, 11) is 0. The first kappa shape index (κ1) is 13.5. The standard InChI is InChI=1S/C12H19NO4/c1-9(14)16-8-10-5-6-13(7-10)11(15)17-12(2,3)4/h5H,6-8H2,1-4H3. The van der Waals surface area contributed by atoms with E-state index in [1.54, 1.807) is 4.90 Å². The number of nitrogens with zero attached hydrogens (tertiary/aromatic N) is 1. The zero-order valence-electron chi connectivity index (χ0n) is 10.8. The van der Waals surface area contributed by atoms with Gasteiger partial charge in [-0.1, -0.05) is 6.08 Å². The van der Waals surface area contributed by atoms with Crippen LogP contribution in [0.3, 0.4) is 0 Å². The Morgan fingerprint density at radius 2 is 2.06 bits per heavy atom. The SMILES string of the molecule is CC(=O)OCC1=CCN(C(=O)OC(C)(C)C)C1. The number of hydrogen-bond acceptors (Lipinski definition) is 4. The van der Waals surface area contributed by atoms with Gasteiger partial charge >= 0.3 is 12.1 Å². The topological polar surface area (TPSA) is 55.8 Å². The Hall–Kier alpha value is -1.52. The molecule has 0 saturated carbocycles. The highest BCUT2D eigenvalue weighted by Crippen LogP contribution is 2.15. The van der Waals surface area contributed by atoms with Crippen LogP contribution in [0.2, 0.25) is 0 Å². The van der Waals surface area contributed by atoms with Gasteiger partial charge in [-0.15, -0.1) is 0 Å². The Morgan fingerprint density at radius 1 is 1.41 bits per heavy atom. The van der Waals surface area contributed by atoms with Crippen LogP contribution in [0.1, 0.15) is 27.7 Å². The minimum absolute atomic E-state index is 0.245. The van der Waals surface area contributed by atoms with Crippen molar-refractivity contribution in [3.05, 3.63) is 11.6 Å². The summed E-state index contributed by atoms with van der Waals surface area (Å²) in [6.45, 7) is 8.06. The van der Waals surface area contributed by atoms with E-state index in [0.29, 0.717) is 13.1 Å². The highest BCUT2D eigenvalue weighted by atomic mass is 16.6. The Balaban J connectivity index is 2.37. The van der Waals surface area contributed by atoms with Crippen LogP contribution in [0.25, 0.3) is 0 Å². The molecule has 1 heterocycles. The summed E-state index contributed by atoms with van der Waals surface area (Å²) in [5.74, 6) is -0.318. The molecule has 0 aromatic carbocycles. The van der Waals surface area contributed by atoms with Gasteiger partial charge in [-0.25, -0.2) is 4.79 Å². The maximum Gasteiger partial charge on any atom is 0.410 e. The number of rotatable bonds is 2. The third-order valence-corrected chi connectivity index (χ3v) is 2.11. The van der Waals surface area contributed by atoms with Gasteiger partial charge in [0.25, 0.3) is 0 Å². The van der Waals surface area contributed by atoms with E-state index in [-0.39, 0.29) is 18.7 Å². The Bertz CT molecular complexity index is 341. The first-order chi connectivity index (χ1) is 7.78. The molecule has 0 radical (unpaired) electrons. The molecule has 5 heteroatoms. The van der Waals surface area contributed by atoms with Crippen molar-refractivity contribution < 1.29 is 19.1 Å². The van der Waals surface area contributed by atoms with Crippen molar-refractivity contribution in [1.29, 1.82) is 0 Å². The van der Waals surface area contributed by atoms with Gasteiger partial charge < -0.3 is 14.4 Å². The minimum atomic E-state index is -0.490. The lowest BCUT2D eigenvalue weighted by atomic mass is 10.2. The first-order valence-corrected chi connectivity index (χ1v) is 5.57. The van der Waals surface area contributed by atoms with Crippen molar-refractivity contribution in [1.82, 2.24) is 4.90 Å². The monoisotopic (exact) mass is 241 g/mol. The molecule has 17 heavy (non-hydrogen) atoms. The van der Waals surface area contributed by atoms with Crippen LogP contribution in [0.5, 0.6) is 0 Å². The molecule has 0 atom stereocenters. The fourth-order valence-electron chi connectivity index (χ4n) is 1.38. The molecule has 0 N–H and O–H groups in total. The Labute approximate surface area is 101 Å². The summed E-state index contributed by atoms with van der Waals surface area (Å²) in [5.41, 5.74) is 0.432. The molecule has 0 aromatic heterocycles. The zero-order valence-corrected chi connectivity index (χ0v) is 10.8. The number of esters is 1. The largest absolute Gasteiger partial charge is 0.461 e. The van der Waals surface area contributed by atoms with Crippen molar-refractivity contribution in [3.63, 3.8) is 0 Å². The fourth-order valence-corrected chi connectivity index (χ4v) is 1.38. The molecule has 1 aliphatic rings. The molecule has 0 bridgehead atoms. The van der Waals surface area contributed by atoms with Gasteiger partial charge in [-0.05, 0) is 26.3 Å². The lowest BCUT2D eigenvalue weighted by Crippen LogP contribution is -2.35. The van der Waals surface area contributed by atoms with E-state index in [1.165, 1.54) is 6.92 Å². The Morgan fingerprint density at radius 3 is 2.59 bits per heavy atom. The van der Waals surface area contributed by atoms with Crippen LogP contribution in [0.4, 0.5) is 4.79 Å². The summed E-state index contributed by atoms with van der Waals surface area (Å²) in [5, 5.41) is 0. The summed E-state index contributed by atoms with van der Waals surface area (Å²) < 4.78 is 10.1. The second kappa shape index (κ2) is 5.21. The van der Waals surface area contributed by atoms with E-state index < -0.39 is 5.60 Å². The predicted octanol–water partition coefficient (Wildman–Crippen LogP) is 1.73. The van der Waals surface area contributed by atoms with Crippen molar-refractivity contribution in [3.8, 4) is 0 Å². The molecule has 0 fully saturated rings. The third kappa shape index (κ3) is 4.89. The van der Waals surface area contributed by atoms with Crippen LogP contribution >= 0.6 is 0 Å². The molecule has 1 rings (SSSR count). The first-order valence-electron chi connectivity index (χ1n) is 5.57. The van der Waals surface area contributed by atoms with Crippen molar-refractivity contribution in [2.24, 2.45) is 0 Å². The highest BCUT2D eigenvalue weighted by Gasteiger charge is 2.25. The molecule has 0 aromatic rings. The smallest absolute Gasteiger partial charge is 0.410 e. The van der Waals surface area contributed by atoms with Gasteiger partial charge in [-0.3, -0.25) is 4.79 Å². The van der Waals surface area contributed by atoms with Crippen molar-refractivity contribution >= 4 is 12.1 Å². The van der Waals surface area contributed by atoms with Crippen LogP contribution in [0, 0.1) is 0 Å². The van der Waals surface area contributed by atoms with E-state index in [0.717, 1.165) is 5.57 Å². The average molecular weight is 241 g/mol.